The van der Waals surface area contributed by atoms with Gasteiger partial charge in [-0.05, 0) is 43.3 Å². The number of thiazole rings is 1. The summed E-state index contributed by atoms with van der Waals surface area (Å²) in [4.78, 5) is 4.62. The first-order valence-electron chi connectivity index (χ1n) is 10.4. The van der Waals surface area contributed by atoms with Crippen molar-refractivity contribution in [2.24, 2.45) is 0 Å². The summed E-state index contributed by atoms with van der Waals surface area (Å²) in [5, 5.41) is 18.9. The lowest BCUT2D eigenvalue weighted by molar-refractivity contribution is 0.827. The van der Waals surface area contributed by atoms with Gasteiger partial charge >= 0.3 is 0 Å². The van der Waals surface area contributed by atoms with Gasteiger partial charge in [-0.15, -0.1) is 11.3 Å². The Morgan fingerprint density at radius 3 is 2.67 bits per heavy atom. The lowest BCUT2D eigenvalue weighted by atomic mass is 10.1. The molecule has 0 radical (unpaired) electrons. The Labute approximate surface area is 205 Å². The van der Waals surface area contributed by atoms with E-state index in [4.69, 9.17) is 23.2 Å². The number of para-hydroxylation sites is 1. The maximum absolute atomic E-state index is 9.73. The van der Waals surface area contributed by atoms with E-state index in [0.717, 1.165) is 23.5 Å². The molecule has 5 aromatic rings. The monoisotopic (exact) mass is 488 g/mol. The number of hydrogen-bond acceptors (Lipinski definition) is 4. The van der Waals surface area contributed by atoms with Crippen molar-refractivity contribution in [3.63, 3.8) is 0 Å². The number of rotatable bonds is 5. The Bertz CT molecular complexity index is 1570. The molecule has 33 heavy (non-hydrogen) atoms. The molecule has 0 fully saturated rings. The number of fused-ring (bicyclic) bond motifs is 3. The number of aromatic nitrogens is 2. The maximum atomic E-state index is 9.73. The van der Waals surface area contributed by atoms with Gasteiger partial charge in [0.25, 0.3) is 0 Å². The molecular formula is C26H18Cl2N4S. The van der Waals surface area contributed by atoms with Crippen LogP contribution in [0.15, 0.2) is 72.2 Å². The molecule has 7 heteroatoms. The Morgan fingerprint density at radius 1 is 1.06 bits per heavy atom. The standard InChI is InChI=1S/C26H18Cl2N4S/c1-2-32-24-6-4-3-5-19(24)20-12-18(8-10-25(20)32)30-14-17(13-29)26-31-23(15-33-26)16-7-9-21(27)22(28)11-16/h3-12,14-15,30H,2H2,1H3. The van der Waals surface area contributed by atoms with Gasteiger partial charge in [0.15, 0.2) is 0 Å². The van der Waals surface area contributed by atoms with Crippen LogP contribution in [0.4, 0.5) is 5.69 Å². The van der Waals surface area contributed by atoms with E-state index in [2.05, 4.69) is 64.3 Å². The lowest BCUT2D eigenvalue weighted by Gasteiger charge is -2.05. The van der Waals surface area contributed by atoms with Crippen LogP contribution in [0, 0.1) is 11.3 Å². The Kier molecular flexibility index (Phi) is 5.82. The summed E-state index contributed by atoms with van der Waals surface area (Å²) in [5.74, 6) is 0. The van der Waals surface area contributed by atoms with Crippen LogP contribution in [-0.4, -0.2) is 9.55 Å². The topological polar surface area (TPSA) is 53.6 Å². The predicted molar refractivity (Wildman–Crippen MR) is 140 cm³/mol. The summed E-state index contributed by atoms with van der Waals surface area (Å²) in [6.45, 7) is 3.06. The minimum absolute atomic E-state index is 0.461. The largest absolute Gasteiger partial charge is 0.360 e. The highest BCUT2D eigenvalue weighted by molar-refractivity contribution is 7.11. The molecule has 0 unspecified atom stereocenters. The minimum atomic E-state index is 0.461. The van der Waals surface area contributed by atoms with Crippen LogP contribution in [0.25, 0.3) is 38.6 Å². The van der Waals surface area contributed by atoms with Crippen LogP contribution in [-0.2, 0) is 6.54 Å². The smallest absolute Gasteiger partial charge is 0.136 e. The first-order valence-corrected chi connectivity index (χ1v) is 12.0. The van der Waals surface area contributed by atoms with Crippen LogP contribution in [0.2, 0.25) is 10.0 Å². The van der Waals surface area contributed by atoms with Gasteiger partial charge in [-0.2, -0.15) is 5.26 Å². The third-order valence-electron chi connectivity index (χ3n) is 5.54. The van der Waals surface area contributed by atoms with Crippen LogP contribution in [0.1, 0.15) is 11.9 Å². The van der Waals surface area contributed by atoms with Crippen molar-refractivity contribution >= 4 is 67.6 Å². The molecule has 0 aliphatic carbocycles. The van der Waals surface area contributed by atoms with Crippen LogP contribution in [0.5, 0.6) is 0 Å². The Morgan fingerprint density at radius 2 is 1.88 bits per heavy atom. The van der Waals surface area contributed by atoms with Gasteiger partial charge in [-0.25, -0.2) is 4.98 Å². The van der Waals surface area contributed by atoms with E-state index in [9.17, 15) is 5.26 Å². The van der Waals surface area contributed by atoms with E-state index in [0.29, 0.717) is 20.6 Å². The van der Waals surface area contributed by atoms with Crippen molar-refractivity contribution in [2.75, 3.05) is 5.32 Å². The van der Waals surface area contributed by atoms with Gasteiger partial charge in [-0.3, -0.25) is 0 Å². The summed E-state index contributed by atoms with van der Waals surface area (Å²) in [7, 11) is 0. The molecule has 1 N–H and O–H groups in total. The van der Waals surface area contributed by atoms with Crippen LogP contribution < -0.4 is 5.32 Å². The molecule has 5 rings (SSSR count). The van der Waals surface area contributed by atoms with Gasteiger partial charge < -0.3 is 9.88 Å². The van der Waals surface area contributed by atoms with Crippen molar-refractivity contribution in [1.29, 1.82) is 5.26 Å². The molecule has 162 valence electrons. The maximum Gasteiger partial charge on any atom is 0.136 e. The fraction of sp³-hybridized carbons (Fsp3) is 0.0769. The molecule has 4 nitrogen and oxygen atoms in total. The zero-order chi connectivity index (χ0) is 22.9. The molecule has 0 spiro atoms. The van der Waals surface area contributed by atoms with Crippen molar-refractivity contribution in [2.45, 2.75) is 13.5 Å². The van der Waals surface area contributed by atoms with Crippen molar-refractivity contribution < 1.29 is 0 Å². The lowest BCUT2D eigenvalue weighted by Crippen LogP contribution is -1.94. The number of hydrogen-bond donors (Lipinski definition) is 1. The molecule has 2 heterocycles. The predicted octanol–water partition coefficient (Wildman–Crippen LogP) is 8.22. The highest BCUT2D eigenvalue weighted by Crippen LogP contribution is 2.32. The number of aryl methyl sites for hydroxylation is 1. The average molecular weight is 489 g/mol. The fourth-order valence-corrected chi connectivity index (χ4v) is 5.06. The summed E-state index contributed by atoms with van der Waals surface area (Å²) in [6, 6.07) is 22.3. The van der Waals surface area contributed by atoms with E-state index in [1.807, 2.05) is 17.5 Å². The van der Waals surface area contributed by atoms with Gasteiger partial charge in [0, 0.05) is 51.2 Å². The Balaban J connectivity index is 1.46. The normalized spacial score (nSPS) is 11.8. The summed E-state index contributed by atoms with van der Waals surface area (Å²) in [6.07, 6.45) is 1.71. The molecule has 3 aromatic carbocycles. The SMILES string of the molecule is CCn1c2ccccc2c2cc(NC=C(C#N)c3nc(-c4ccc(Cl)c(Cl)c4)cs3)ccc21. The second kappa shape index (κ2) is 8.92. The summed E-state index contributed by atoms with van der Waals surface area (Å²) < 4.78 is 2.31. The second-order valence-electron chi connectivity index (χ2n) is 7.47. The number of halogens is 2. The Hall–Kier alpha value is -3.30. The second-order valence-corrected chi connectivity index (χ2v) is 9.15. The first-order chi connectivity index (χ1) is 16.1. The highest BCUT2D eigenvalue weighted by Gasteiger charge is 2.12. The quantitative estimate of drug-likeness (QED) is 0.253. The van der Waals surface area contributed by atoms with E-state index in [-0.39, 0.29) is 0 Å². The number of benzene rings is 3. The van der Waals surface area contributed by atoms with Gasteiger partial charge in [0.05, 0.1) is 15.7 Å². The van der Waals surface area contributed by atoms with Gasteiger partial charge in [-0.1, -0.05) is 47.5 Å². The summed E-state index contributed by atoms with van der Waals surface area (Å²) in [5.41, 5.74) is 5.40. The van der Waals surface area contributed by atoms with E-state index in [1.165, 1.54) is 33.1 Å². The van der Waals surface area contributed by atoms with Crippen LogP contribution in [0.3, 0.4) is 0 Å². The zero-order valence-corrected chi connectivity index (χ0v) is 20.0. The molecule has 0 saturated carbocycles. The van der Waals surface area contributed by atoms with Crippen molar-refractivity contribution in [3.8, 4) is 17.3 Å². The van der Waals surface area contributed by atoms with Gasteiger partial charge in [0.1, 0.15) is 16.6 Å². The number of nitriles is 1. The third kappa shape index (κ3) is 3.98. The van der Waals surface area contributed by atoms with Gasteiger partial charge in [0.2, 0.25) is 0 Å². The van der Waals surface area contributed by atoms with Crippen molar-refractivity contribution in [1.82, 2.24) is 9.55 Å². The van der Waals surface area contributed by atoms with Crippen molar-refractivity contribution in [3.05, 3.63) is 87.3 Å². The first kappa shape index (κ1) is 21.5. The molecule has 0 aliphatic rings. The number of anilines is 1. The molecule has 0 amide bonds. The van der Waals surface area contributed by atoms with E-state index in [1.54, 1.807) is 18.3 Å². The number of nitrogens with one attached hydrogen (secondary N) is 1. The number of allylic oxidation sites excluding steroid dienone is 1. The highest BCUT2D eigenvalue weighted by atomic mass is 35.5. The van der Waals surface area contributed by atoms with E-state index >= 15 is 0 Å². The third-order valence-corrected chi connectivity index (χ3v) is 7.16. The zero-order valence-electron chi connectivity index (χ0n) is 17.6. The minimum Gasteiger partial charge on any atom is -0.360 e. The summed E-state index contributed by atoms with van der Waals surface area (Å²) >= 11 is 13.6. The molecule has 0 atom stereocenters. The molecule has 2 aromatic heterocycles. The molecular weight excluding hydrogens is 471 g/mol. The molecule has 0 aliphatic heterocycles. The average Bonchev–Trinajstić information content (AvgIpc) is 3.44. The molecule has 0 bridgehead atoms. The molecule has 0 saturated heterocycles. The fourth-order valence-electron chi connectivity index (χ4n) is 3.97. The van der Waals surface area contributed by atoms with Crippen LogP contribution >= 0.6 is 34.5 Å². The number of nitrogens with zero attached hydrogens (tertiary/aromatic N) is 3. The van der Waals surface area contributed by atoms with E-state index < -0.39 is 0 Å².